The molecule has 0 unspecified atom stereocenters. The molecule has 1 heterocycles. The van der Waals surface area contributed by atoms with Gasteiger partial charge in [-0.25, -0.2) is 0 Å². The van der Waals surface area contributed by atoms with E-state index in [0.717, 1.165) is 4.31 Å². The molecule has 2 N–H and O–H groups in total. The summed E-state index contributed by atoms with van der Waals surface area (Å²) in [4.78, 5) is 11.4. The van der Waals surface area contributed by atoms with Crippen LogP contribution in [0.5, 0.6) is 5.75 Å². The van der Waals surface area contributed by atoms with Gasteiger partial charge in [0.1, 0.15) is 5.75 Å². The Morgan fingerprint density at radius 2 is 2.11 bits per heavy atom. The molecule has 0 saturated carbocycles. The summed E-state index contributed by atoms with van der Waals surface area (Å²) in [6, 6.07) is 4.73. The summed E-state index contributed by atoms with van der Waals surface area (Å²) >= 11 is 0. The van der Waals surface area contributed by atoms with Crippen LogP contribution in [0.4, 0.5) is 11.4 Å². The molecule has 19 heavy (non-hydrogen) atoms. The van der Waals surface area contributed by atoms with Gasteiger partial charge in [0, 0.05) is 14.1 Å². The smallest absolute Gasteiger partial charge is 0.301 e. The minimum Gasteiger partial charge on any atom is -0.491 e. The summed E-state index contributed by atoms with van der Waals surface area (Å²) < 4.78 is 32.2. The first-order chi connectivity index (χ1) is 8.88. The highest BCUT2D eigenvalue weighted by Crippen LogP contribution is 2.30. The Balaban J connectivity index is 2.28. The maximum atomic E-state index is 11.7. The summed E-state index contributed by atoms with van der Waals surface area (Å²) in [5.41, 5.74) is 0.819. The zero-order valence-electron chi connectivity index (χ0n) is 10.6. The van der Waals surface area contributed by atoms with Gasteiger partial charge in [0.05, 0.1) is 24.4 Å². The van der Waals surface area contributed by atoms with Gasteiger partial charge < -0.3 is 10.1 Å². The lowest BCUT2D eigenvalue weighted by molar-refractivity contribution is -0.116. The second-order valence-electron chi connectivity index (χ2n) is 4.25. The van der Waals surface area contributed by atoms with E-state index in [-0.39, 0.29) is 12.3 Å². The Kier molecular flexibility index (Phi) is 3.63. The summed E-state index contributed by atoms with van der Waals surface area (Å²) in [6.07, 6.45) is 0.271. The molecule has 104 valence electrons. The third-order valence-electron chi connectivity index (χ3n) is 2.57. The fourth-order valence-electron chi connectivity index (χ4n) is 1.52. The zero-order valence-corrected chi connectivity index (χ0v) is 11.5. The normalized spacial score (nSPS) is 15.2. The van der Waals surface area contributed by atoms with Crippen molar-refractivity contribution in [1.82, 2.24) is 4.31 Å². The topological polar surface area (TPSA) is 87.7 Å². The molecule has 1 aromatic carbocycles. The third-order valence-corrected chi connectivity index (χ3v) is 4.02. The predicted octanol–water partition coefficient (Wildman–Crippen LogP) is 0.626. The van der Waals surface area contributed by atoms with E-state index in [0.29, 0.717) is 23.7 Å². The minimum absolute atomic E-state index is 0.161. The number of carbonyl (C=O) groups is 1. The van der Waals surface area contributed by atoms with Crippen LogP contribution in [0.15, 0.2) is 18.2 Å². The van der Waals surface area contributed by atoms with Gasteiger partial charge >= 0.3 is 10.2 Å². The minimum atomic E-state index is -3.57. The van der Waals surface area contributed by atoms with Crippen LogP contribution in [-0.4, -0.2) is 39.3 Å². The van der Waals surface area contributed by atoms with Crippen LogP contribution in [0.1, 0.15) is 6.42 Å². The van der Waals surface area contributed by atoms with Gasteiger partial charge in [-0.15, -0.1) is 0 Å². The Morgan fingerprint density at radius 3 is 2.79 bits per heavy atom. The van der Waals surface area contributed by atoms with Gasteiger partial charge in [0.15, 0.2) is 0 Å². The third kappa shape index (κ3) is 3.15. The van der Waals surface area contributed by atoms with Crippen molar-refractivity contribution in [2.75, 3.05) is 30.7 Å². The molecular formula is C11H15N3O4S. The van der Waals surface area contributed by atoms with Crippen LogP contribution >= 0.6 is 0 Å². The van der Waals surface area contributed by atoms with Crippen LogP contribution < -0.4 is 14.8 Å². The molecule has 8 heteroatoms. The lowest BCUT2D eigenvalue weighted by Gasteiger charge is -2.15. The molecular weight excluding hydrogens is 270 g/mol. The average Bonchev–Trinajstić information content (AvgIpc) is 2.48. The Morgan fingerprint density at radius 1 is 1.37 bits per heavy atom. The van der Waals surface area contributed by atoms with Crippen molar-refractivity contribution in [2.24, 2.45) is 0 Å². The summed E-state index contributed by atoms with van der Waals surface area (Å²) in [5.74, 6) is 0.366. The van der Waals surface area contributed by atoms with E-state index in [4.69, 9.17) is 4.74 Å². The highest BCUT2D eigenvalue weighted by Gasteiger charge is 2.17. The lowest BCUT2D eigenvalue weighted by Crippen LogP contribution is -2.28. The van der Waals surface area contributed by atoms with Crippen LogP contribution in [0.3, 0.4) is 0 Å². The van der Waals surface area contributed by atoms with Gasteiger partial charge in [-0.3, -0.25) is 9.52 Å². The average molecular weight is 285 g/mol. The first-order valence-corrected chi connectivity index (χ1v) is 7.09. The Bertz CT molecular complexity index is 598. The first-order valence-electron chi connectivity index (χ1n) is 5.65. The molecule has 0 fully saturated rings. The Hall–Kier alpha value is -1.80. The van der Waals surface area contributed by atoms with Crippen molar-refractivity contribution in [3.63, 3.8) is 0 Å². The molecule has 7 nitrogen and oxygen atoms in total. The molecule has 1 aliphatic rings. The number of nitrogens with one attached hydrogen (secondary N) is 2. The van der Waals surface area contributed by atoms with Crippen LogP contribution in [0.25, 0.3) is 0 Å². The van der Waals surface area contributed by atoms with Crippen molar-refractivity contribution < 1.29 is 17.9 Å². The first kappa shape index (κ1) is 13.6. The van der Waals surface area contributed by atoms with Crippen molar-refractivity contribution >= 4 is 27.5 Å². The number of nitrogens with zero attached hydrogens (tertiary/aromatic N) is 1. The SMILES string of the molecule is CN(C)S(=O)(=O)Nc1ccc2c(c1)NC(=O)CCO2. The number of ether oxygens (including phenoxy) is 1. The van der Waals surface area contributed by atoms with Gasteiger partial charge in [-0.2, -0.15) is 12.7 Å². The molecule has 0 aromatic heterocycles. The molecule has 0 radical (unpaired) electrons. The van der Waals surface area contributed by atoms with Gasteiger partial charge in [-0.05, 0) is 18.2 Å². The second-order valence-corrected chi connectivity index (χ2v) is 6.13. The highest BCUT2D eigenvalue weighted by molar-refractivity contribution is 7.90. The van der Waals surface area contributed by atoms with Crippen molar-refractivity contribution in [3.05, 3.63) is 18.2 Å². The van der Waals surface area contributed by atoms with E-state index in [1.807, 2.05) is 0 Å². The molecule has 0 atom stereocenters. The van der Waals surface area contributed by atoms with Gasteiger partial charge in [0.25, 0.3) is 0 Å². The maximum Gasteiger partial charge on any atom is 0.301 e. The van der Waals surface area contributed by atoms with Crippen molar-refractivity contribution in [3.8, 4) is 5.75 Å². The van der Waals surface area contributed by atoms with E-state index in [1.54, 1.807) is 12.1 Å². The second kappa shape index (κ2) is 5.06. The van der Waals surface area contributed by atoms with E-state index < -0.39 is 10.2 Å². The fraction of sp³-hybridized carbons (Fsp3) is 0.364. The quantitative estimate of drug-likeness (QED) is 0.852. The van der Waals surface area contributed by atoms with Crippen LogP contribution in [0, 0.1) is 0 Å². The number of rotatable bonds is 3. The largest absolute Gasteiger partial charge is 0.491 e. The molecule has 1 aliphatic heterocycles. The molecule has 2 rings (SSSR count). The number of benzene rings is 1. The Labute approximate surface area is 111 Å². The standard InChI is InChI=1S/C11H15N3O4S/c1-14(2)19(16,17)13-8-3-4-10-9(7-8)12-11(15)5-6-18-10/h3-4,7,13H,5-6H2,1-2H3,(H,12,15). The summed E-state index contributed by atoms with van der Waals surface area (Å²) in [5, 5.41) is 2.67. The van der Waals surface area contributed by atoms with Gasteiger partial charge in [-0.1, -0.05) is 0 Å². The van der Waals surface area contributed by atoms with Crippen LogP contribution in [0.2, 0.25) is 0 Å². The molecule has 1 amide bonds. The van der Waals surface area contributed by atoms with Crippen molar-refractivity contribution in [2.45, 2.75) is 6.42 Å². The molecule has 0 aliphatic carbocycles. The van der Waals surface area contributed by atoms with E-state index in [1.165, 1.54) is 20.2 Å². The van der Waals surface area contributed by atoms with Crippen molar-refractivity contribution in [1.29, 1.82) is 0 Å². The zero-order chi connectivity index (χ0) is 14.0. The van der Waals surface area contributed by atoms with Crippen LogP contribution in [-0.2, 0) is 15.0 Å². The summed E-state index contributed by atoms with van der Waals surface area (Å²) in [6.45, 7) is 0.307. The molecule has 0 spiro atoms. The number of carbonyl (C=O) groups excluding carboxylic acids is 1. The maximum absolute atomic E-state index is 11.7. The lowest BCUT2D eigenvalue weighted by atomic mass is 10.2. The van der Waals surface area contributed by atoms with Gasteiger partial charge in [0.2, 0.25) is 5.91 Å². The fourth-order valence-corrected chi connectivity index (χ4v) is 2.13. The highest BCUT2D eigenvalue weighted by atomic mass is 32.2. The number of anilines is 2. The van der Waals surface area contributed by atoms with E-state index in [9.17, 15) is 13.2 Å². The molecule has 1 aromatic rings. The number of amides is 1. The van der Waals surface area contributed by atoms with E-state index >= 15 is 0 Å². The number of hydrogen-bond donors (Lipinski definition) is 2. The molecule has 0 bridgehead atoms. The molecule has 0 saturated heterocycles. The number of hydrogen-bond acceptors (Lipinski definition) is 4. The van der Waals surface area contributed by atoms with E-state index in [2.05, 4.69) is 10.0 Å². The monoisotopic (exact) mass is 285 g/mol. The number of fused-ring (bicyclic) bond motifs is 1. The predicted molar refractivity (Wildman–Crippen MR) is 71.4 cm³/mol. The summed E-state index contributed by atoms with van der Waals surface area (Å²) in [7, 11) is -0.716.